The molecule has 0 radical (unpaired) electrons. The summed E-state index contributed by atoms with van der Waals surface area (Å²) in [5.41, 5.74) is 0.394. The van der Waals surface area contributed by atoms with Crippen LogP contribution < -0.4 is 10.6 Å². The summed E-state index contributed by atoms with van der Waals surface area (Å²) in [7, 11) is 0. The van der Waals surface area contributed by atoms with Crippen molar-refractivity contribution in [2.24, 2.45) is 0 Å². The van der Waals surface area contributed by atoms with Crippen molar-refractivity contribution in [3.05, 3.63) is 35.9 Å². The summed E-state index contributed by atoms with van der Waals surface area (Å²) in [6.45, 7) is 4.48. The molecule has 1 atom stereocenters. The van der Waals surface area contributed by atoms with E-state index in [0.717, 1.165) is 19.6 Å². The van der Waals surface area contributed by atoms with Crippen LogP contribution in [0.4, 0.5) is 4.79 Å². The highest BCUT2D eigenvalue weighted by atomic mass is 16.2. The zero-order chi connectivity index (χ0) is 22.7. The molecule has 172 valence electrons. The predicted molar refractivity (Wildman–Crippen MR) is 117 cm³/mol. The van der Waals surface area contributed by atoms with Gasteiger partial charge in [0.15, 0.2) is 0 Å². The summed E-state index contributed by atoms with van der Waals surface area (Å²) in [6, 6.07) is 9.54. The van der Waals surface area contributed by atoms with Crippen molar-refractivity contribution in [3.63, 3.8) is 0 Å². The first-order valence-corrected chi connectivity index (χ1v) is 11.3. The van der Waals surface area contributed by atoms with Gasteiger partial charge >= 0.3 is 6.03 Å². The Labute approximate surface area is 188 Å². The number of hydrogen-bond donors (Lipinski definition) is 2. The predicted octanol–water partition coefficient (Wildman–Crippen LogP) is 0.700. The topological polar surface area (TPSA) is 102 Å². The molecular formula is C23H31N5O4. The van der Waals surface area contributed by atoms with Crippen LogP contribution in [0.2, 0.25) is 0 Å². The van der Waals surface area contributed by atoms with Crippen LogP contribution in [0.3, 0.4) is 0 Å². The average molecular weight is 442 g/mol. The van der Waals surface area contributed by atoms with E-state index in [1.54, 1.807) is 4.90 Å². The first kappa shape index (κ1) is 22.3. The van der Waals surface area contributed by atoms with E-state index in [4.69, 9.17) is 0 Å². The first-order valence-electron chi connectivity index (χ1n) is 11.3. The fraction of sp³-hybridized carbons (Fsp3) is 0.565. The molecule has 1 aromatic rings. The van der Waals surface area contributed by atoms with Crippen LogP contribution in [0.1, 0.15) is 38.2 Å². The number of piperidine rings is 2. The van der Waals surface area contributed by atoms with Crippen molar-refractivity contribution in [2.75, 3.05) is 32.7 Å². The molecule has 9 heteroatoms. The third-order valence-corrected chi connectivity index (χ3v) is 6.75. The van der Waals surface area contributed by atoms with E-state index in [9.17, 15) is 19.2 Å². The number of nitrogens with one attached hydrogen (secondary N) is 2. The Hall–Kier alpha value is -2.94. The second-order valence-electron chi connectivity index (χ2n) is 8.99. The quantitative estimate of drug-likeness (QED) is 0.655. The molecule has 2 N–H and O–H groups in total. The number of likely N-dealkylation sites (tertiary alicyclic amines) is 2. The lowest BCUT2D eigenvalue weighted by Gasteiger charge is -2.39. The van der Waals surface area contributed by atoms with Gasteiger partial charge in [0.05, 0.1) is 12.6 Å². The van der Waals surface area contributed by atoms with Crippen LogP contribution in [0.25, 0.3) is 0 Å². The highest BCUT2D eigenvalue weighted by Crippen LogP contribution is 2.32. The van der Waals surface area contributed by atoms with E-state index in [-0.39, 0.29) is 36.3 Å². The van der Waals surface area contributed by atoms with Crippen molar-refractivity contribution in [1.82, 2.24) is 25.3 Å². The number of nitrogens with zero attached hydrogens (tertiary/aromatic N) is 3. The molecule has 9 nitrogen and oxygen atoms in total. The Balaban J connectivity index is 1.36. The number of amides is 5. The van der Waals surface area contributed by atoms with Gasteiger partial charge in [-0.15, -0.1) is 0 Å². The fourth-order valence-electron chi connectivity index (χ4n) is 4.95. The van der Waals surface area contributed by atoms with Gasteiger partial charge in [-0.2, -0.15) is 0 Å². The van der Waals surface area contributed by atoms with Crippen molar-refractivity contribution < 1.29 is 19.2 Å². The molecule has 0 bridgehead atoms. The van der Waals surface area contributed by atoms with Gasteiger partial charge in [0.2, 0.25) is 11.8 Å². The zero-order valence-corrected chi connectivity index (χ0v) is 18.5. The first-order chi connectivity index (χ1) is 15.4. The lowest BCUT2D eigenvalue weighted by molar-refractivity contribution is -0.139. The lowest BCUT2D eigenvalue weighted by atomic mass is 9.87. The molecule has 3 heterocycles. The van der Waals surface area contributed by atoms with Gasteiger partial charge in [-0.3, -0.25) is 24.2 Å². The molecule has 1 aromatic carbocycles. The molecule has 0 saturated carbocycles. The summed E-state index contributed by atoms with van der Waals surface area (Å²) in [5.74, 6) is -0.620. The standard InChI is InChI=1S/C23H31N5O4/c1-17(29)24-14-20(30)27-11-5-8-19(16-27)28-21(31)23(25-22(28)32)9-12-26(13-10-23)15-18-6-3-2-4-7-18/h2-4,6-7,19H,5,8-16H2,1H3,(H,24,29)(H,25,32). The number of rotatable bonds is 5. The lowest BCUT2D eigenvalue weighted by Crippen LogP contribution is -2.56. The normalized spacial score (nSPS) is 23.3. The molecule has 0 aromatic heterocycles. The minimum Gasteiger partial charge on any atom is -0.347 e. The molecule has 3 aliphatic rings. The van der Waals surface area contributed by atoms with Crippen LogP contribution in [-0.2, 0) is 20.9 Å². The molecular weight excluding hydrogens is 410 g/mol. The monoisotopic (exact) mass is 441 g/mol. The van der Waals surface area contributed by atoms with Crippen molar-refractivity contribution in [2.45, 2.75) is 50.7 Å². The van der Waals surface area contributed by atoms with Crippen LogP contribution in [0.5, 0.6) is 0 Å². The van der Waals surface area contributed by atoms with E-state index < -0.39 is 5.54 Å². The molecule has 32 heavy (non-hydrogen) atoms. The van der Waals surface area contributed by atoms with E-state index in [1.807, 2.05) is 18.2 Å². The summed E-state index contributed by atoms with van der Waals surface area (Å²) in [4.78, 5) is 55.1. The highest BCUT2D eigenvalue weighted by molar-refractivity contribution is 6.07. The van der Waals surface area contributed by atoms with Crippen molar-refractivity contribution in [3.8, 4) is 0 Å². The number of hydrogen-bond acceptors (Lipinski definition) is 5. The molecule has 1 unspecified atom stereocenters. The summed E-state index contributed by atoms with van der Waals surface area (Å²) < 4.78 is 0. The summed E-state index contributed by atoms with van der Waals surface area (Å²) in [5, 5.41) is 5.50. The maximum Gasteiger partial charge on any atom is 0.325 e. The Morgan fingerprint density at radius 3 is 2.53 bits per heavy atom. The second kappa shape index (κ2) is 9.28. The van der Waals surface area contributed by atoms with E-state index in [0.29, 0.717) is 38.8 Å². The van der Waals surface area contributed by atoms with Gasteiger partial charge in [0.1, 0.15) is 5.54 Å². The van der Waals surface area contributed by atoms with Gasteiger partial charge < -0.3 is 15.5 Å². The zero-order valence-electron chi connectivity index (χ0n) is 18.5. The molecule has 3 fully saturated rings. The van der Waals surface area contributed by atoms with Gasteiger partial charge in [0.25, 0.3) is 5.91 Å². The Morgan fingerprint density at radius 2 is 1.84 bits per heavy atom. The van der Waals surface area contributed by atoms with Gasteiger partial charge in [-0.25, -0.2) is 4.79 Å². The molecule has 3 saturated heterocycles. The molecule has 3 aliphatic heterocycles. The summed E-state index contributed by atoms with van der Waals surface area (Å²) >= 11 is 0. The van der Waals surface area contributed by atoms with E-state index in [1.165, 1.54) is 17.4 Å². The van der Waals surface area contributed by atoms with Crippen molar-refractivity contribution >= 4 is 23.8 Å². The van der Waals surface area contributed by atoms with Crippen LogP contribution >= 0.6 is 0 Å². The SMILES string of the molecule is CC(=O)NCC(=O)N1CCCC(N2C(=O)NC3(CCN(Cc4ccccc4)CC3)C2=O)C1. The third-order valence-electron chi connectivity index (χ3n) is 6.75. The number of carbonyl (C=O) groups is 4. The molecule has 1 spiro atoms. The molecule has 5 amide bonds. The minimum absolute atomic E-state index is 0.0661. The van der Waals surface area contributed by atoms with Gasteiger partial charge in [-0.1, -0.05) is 30.3 Å². The smallest absolute Gasteiger partial charge is 0.325 e. The minimum atomic E-state index is -0.841. The van der Waals surface area contributed by atoms with Crippen LogP contribution in [-0.4, -0.2) is 82.8 Å². The number of carbonyl (C=O) groups excluding carboxylic acids is 4. The Morgan fingerprint density at radius 1 is 1.12 bits per heavy atom. The van der Waals surface area contributed by atoms with E-state index >= 15 is 0 Å². The molecule has 0 aliphatic carbocycles. The Kier molecular flexibility index (Phi) is 6.45. The van der Waals surface area contributed by atoms with Gasteiger partial charge in [0, 0.05) is 39.6 Å². The number of benzene rings is 1. The molecule has 4 rings (SSSR count). The average Bonchev–Trinajstić information content (AvgIpc) is 3.03. The maximum atomic E-state index is 13.4. The van der Waals surface area contributed by atoms with Crippen molar-refractivity contribution in [1.29, 1.82) is 0 Å². The third kappa shape index (κ3) is 4.62. The van der Waals surface area contributed by atoms with Gasteiger partial charge in [-0.05, 0) is 31.2 Å². The highest BCUT2D eigenvalue weighted by Gasteiger charge is 2.54. The second-order valence-corrected chi connectivity index (χ2v) is 8.99. The maximum absolute atomic E-state index is 13.4. The summed E-state index contributed by atoms with van der Waals surface area (Å²) in [6.07, 6.45) is 2.56. The van der Waals surface area contributed by atoms with E-state index in [2.05, 4.69) is 27.7 Å². The Bertz CT molecular complexity index is 882. The number of urea groups is 1. The number of imide groups is 1. The van der Waals surface area contributed by atoms with Crippen LogP contribution in [0, 0.1) is 0 Å². The van der Waals surface area contributed by atoms with Crippen LogP contribution in [0.15, 0.2) is 30.3 Å². The largest absolute Gasteiger partial charge is 0.347 e. The fourth-order valence-corrected chi connectivity index (χ4v) is 4.95.